The molecule has 0 bridgehead atoms. The molecular formula is C38H38Cl2Zr. The van der Waals surface area contributed by atoms with Crippen LogP contribution >= 0.6 is 0 Å². The number of hydrogen-bond acceptors (Lipinski definition) is 0. The van der Waals surface area contributed by atoms with E-state index in [4.69, 9.17) is 0 Å². The topological polar surface area (TPSA) is 0 Å². The first-order valence-corrected chi connectivity index (χ1v) is 20.9. The fourth-order valence-corrected chi connectivity index (χ4v) is 26.3. The van der Waals surface area contributed by atoms with Crippen LogP contribution < -0.4 is 24.8 Å². The summed E-state index contributed by atoms with van der Waals surface area (Å²) in [5.74, 6) is 0. The van der Waals surface area contributed by atoms with E-state index in [9.17, 15) is 0 Å². The molecule has 0 radical (unpaired) electrons. The molecule has 4 aromatic carbocycles. The molecule has 0 spiro atoms. The Bertz CT molecular complexity index is 1610. The first kappa shape index (κ1) is 30.3. The van der Waals surface area contributed by atoms with E-state index in [1.165, 1.54) is 63.9 Å². The van der Waals surface area contributed by atoms with Gasteiger partial charge >= 0.3 is 240 Å². The molecule has 0 nitrogen and oxygen atoms in total. The van der Waals surface area contributed by atoms with Gasteiger partial charge in [-0.2, -0.15) is 0 Å². The molecule has 1 aliphatic heterocycles. The van der Waals surface area contributed by atoms with Crippen LogP contribution in [0.5, 0.6) is 0 Å². The summed E-state index contributed by atoms with van der Waals surface area (Å²) in [4.78, 5) is 0. The maximum Gasteiger partial charge on any atom is -1.00 e. The average molecular weight is 657 g/mol. The maximum atomic E-state index is 2.58. The number of rotatable bonds is 4. The van der Waals surface area contributed by atoms with E-state index < -0.39 is 20.3 Å². The summed E-state index contributed by atoms with van der Waals surface area (Å²) >= 11 is -2.68. The summed E-state index contributed by atoms with van der Waals surface area (Å²) in [6.07, 6.45) is 5.15. The standard InChI is InChI=1S/2C18H17.C2H4.2ClH.Zr/c2*1-12-5-4-6-15(9-12)16-8-7-14(3)17-10-13(2)11-18(16)17;1-2;;;/h2*4-11H,1-3H3;1-2H2;2*1H;/q;;;;;+2/p-2. The third kappa shape index (κ3) is 4.77. The number of fused-ring (bicyclic) bond motifs is 2. The minimum atomic E-state index is -2.68. The maximum absolute atomic E-state index is 2.68. The predicted octanol–water partition coefficient (Wildman–Crippen LogP) is 4.88. The second kappa shape index (κ2) is 11.1. The fraction of sp³-hybridized carbons (Fsp3) is 0.263. The molecule has 41 heavy (non-hydrogen) atoms. The van der Waals surface area contributed by atoms with Crippen LogP contribution in [0.2, 0.25) is 8.26 Å². The van der Waals surface area contributed by atoms with E-state index in [2.05, 4.69) is 126 Å². The quantitative estimate of drug-likeness (QED) is 0.294. The third-order valence-corrected chi connectivity index (χ3v) is 23.3. The number of aryl methyl sites for hydroxylation is 4. The minimum Gasteiger partial charge on any atom is -1.00 e. The van der Waals surface area contributed by atoms with Gasteiger partial charge in [0.15, 0.2) is 0 Å². The Morgan fingerprint density at radius 1 is 0.537 bits per heavy atom. The number of hydrogen-bond donors (Lipinski definition) is 0. The fourth-order valence-electron chi connectivity index (χ4n) is 8.14. The zero-order chi connectivity index (χ0) is 27.1. The molecule has 1 heterocycles. The molecule has 7 rings (SSSR count). The Morgan fingerprint density at radius 2 is 0.951 bits per heavy atom. The second-order valence-electron chi connectivity index (χ2n) is 12.6. The van der Waals surface area contributed by atoms with Crippen molar-refractivity contribution in [1.82, 2.24) is 0 Å². The van der Waals surface area contributed by atoms with E-state index >= 15 is 0 Å². The Kier molecular flexibility index (Phi) is 8.24. The molecule has 208 valence electrons. The van der Waals surface area contributed by atoms with E-state index in [0.29, 0.717) is 7.25 Å². The van der Waals surface area contributed by atoms with E-state index in [1.807, 2.05) is 0 Å². The van der Waals surface area contributed by atoms with Crippen LogP contribution in [0.1, 0.15) is 65.6 Å². The van der Waals surface area contributed by atoms with Gasteiger partial charge in [0.2, 0.25) is 0 Å². The largest absolute Gasteiger partial charge is 1.00 e. The van der Waals surface area contributed by atoms with Gasteiger partial charge < -0.3 is 24.8 Å². The van der Waals surface area contributed by atoms with Crippen LogP contribution in [-0.2, 0) is 20.3 Å². The normalized spacial score (nSPS) is 18.6. The van der Waals surface area contributed by atoms with Crippen LogP contribution in [0.25, 0.3) is 34.4 Å². The zero-order valence-corrected chi connectivity index (χ0v) is 28.9. The number of benzene rings is 4. The molecule has 3 heteroatoms. The summed E-state index contributed by atoms with van der Waals surface area (Å²) in [5.41, 5.74) is 20.8. The molecule has 2 unspecified atom stereocenters. The predicted molar refractivity (Wildman–Crippen MR) is 165 cm³/mol. The average Bonchev–Trinajstić information content (AvgIpc) is 3.47. The van der Waals surface area contributed by atoms with Crippen molar-refractivity contribution in [3.63, 3.8) is 0 Å². The minimum absolute atomic E-state index is 0. The van der Waals surface area contributed by atoms with Crippen LogP contribution in [0, 0.1) is 27.7 Å². The Balaban J connectivity index is 0.00000169. The molecule has 0 amide bonds. The van der Waals surface area contributed by atoms with Crippen molar-refractivity contribution < 1.29 is 45.1 Å². The van der Waals surface area contributed by atoms with Crippen molar-refractivity contribution in [3.05, 3.63) is 128 Å². The van der Waals surface area contributed by atoms with Gasteiger partial charge in [-0.25, -0.2) is 0 Å². The molecule has 0 saturated carbocycles. The van der Waals surface area contributed by atoms with Gasteiger partial charge in [0, 0.05) is 0 Å². The van der Waals surface area contributed by atoms with E-state index in [-0.39, 0.29) is 24.8 Å². The van der Waals surface area contributed by atoms with Gasteiger partial charge in [0.1, 0.15) is 0 Å². The smallest absolute Gasteiger partial charge is 1.00 e. The molecule has 3 aliphatic rings. The summed E-state index contributed by atoms with van der Waals surface area (Å²) < 4.78 is 4.36. The molecule has 0 N–H and O–H groups in total. The first-order chi connectivity index (χ1) is 18.8. The van der Waals surface area contributed by atoms with Crippen molar-refractivity contribution in [2.45, 2.75) is 57.1 Å². The number of halogens is 2. The van der Waals surface area contributed by atoms with E-state index in [1.54, 1.807) is 22.3 Å². The monoisotopic (exact) mass is 654 g/mol. The Labute approximate surface area is 263 Å². The first-order valence-electron chi connectivity index (χ1n) is 14.6. The van der Waals surface area contributed by atoms with Gasteiger partial charge in [-0.15, -0.1) is 0 Å². The summed E-state index contributed by atoms with van der Waals surface area (Å²) in [7, 11) is 0. The van der Waals surface area contributed by atoms with Crippen molar-refractivity contribution in [3.8, 4) is 22.3 Å². The second-order valence-corrected chi connectivity index (χ2v) is 24.0. The van der Waals surface area contributed by atoms with Crippen LogP contribution in [0.15, 0.2) is 83.9 Å². The van der Waals surface area contributed by atoms with Crippen molar-refractivity contribution in [1.29, 1.82) is 0 Å². The molecule has 2 aliphatic carbocycles. The molecule has 1 fully saturated rings. The van der Waals surface area contributed by atoms with E-state index in [0.717, 1.165) is 0 Å². The summed E-state index contributed by atoms with van der Waals surface area (Å²) in [5, 5.41) is 0. The van der Waals surface area contributed by atoms with Crippen LogP contribution in [0.4, 0.5) is 0 Å². The van der Waals surface area contributed by atoms with Gasteiger partial charge in [-0.3, -0.25) is 0 Å². The van der Waals surface area contributed by atoms with Crippen LogP contribution in [0.3, 0.4) is 0 Å². The third-order valence-electron chi connectivity index (χ3n) is 9.88. The molecule has 2 atom stereocenters. The molecule has 4 aromatic rings. The Morgan fingerprint density at radius 3 is 1.32 bits per heavy atom. The van der Waals surface area contributed by atoms with Gasteiger partial charge in [-0.1, -0.05) is 0 Å². The Hall–Kier alpha value is -2.18. The number of allylic oxidation sites excluding steroid dienone is 2. The van der Waals surface area contributed by atoms with Gasteiger partial charge in [0.05, 0.1) is 0 Å². The molecular weight excluding hydrogens is 619 g/mol. The van der Waals surface area contributed by atoms with Crippen LogP contribution in [-0.4, -0.2) is 0 Å². The van der Waals surface area contributed by atoms with Crippen molar-refractivity contribution in [2.24, 2.45) is 0 Å². The summed E-state index contributed by atoms with van der Waals surface area (Å²) in [6, 6.07) is 27.7. The van der Waals surface area contributed by atoms with Gasteiger partial charge in [0.25, 0.3) is 0 Å². The van der Waals surface area contributed by atoms with Gasteiger partial charge in [-0.05, 0) is 0 Å². The zero-order valence-electron chi connectivity index (χ0n) is 24.9. The SMILES string of the molecule is CC1=Cc2c(-c3cccc(C)c3)ccc(C)c2[CH]1[Zr+2]1([CH]2C(C)=Cc3c(-c4cccc(C)c4)ccc(C)c32)[CH2][CH2]1.[Cl-].[Cl-]. The van der Waals surface area contributed by atoms with Crippen molar-refractivity contribution >= 4 is 12.2 Å². The van der Waals surface area contributed by atoms with Crippen molar-refractivity contribution in [2.75, 3.05) is 0 Å². The summed E-state index contributed by atoms with van der Waals surface area (Å²) in [6.45, 7) is 14.0. The molecule has 1 saturated heterocycles. The molecule has 0 aromatic heterocycles.